The van der Waals surface area contributed by atoms with Crippen molar-refractivity contribution < 1.29 is 19.4 Å². The number of methoxy groups -OCH3 is 1. The van der Waals surface area contributed by atoms with E-state index in [0.29, 0.717) is 5.75 Å². The van der Waals surface area contributed by atoms with Gasteiger partial charge >= 0.3 is 5.97 Å². The Morgan fingerprint density at radius 1 is 1.40 bits per heavy atom. The predicted molar refractivity (Wildman–Crippen MR) is 75.1 cm³/mol. The monoisotopic (exact) mass is 273 g/mol. The first-order valence-electron chi connectivity index (χ1n) is 5.83. The van der Waals surface area contributed by atoms with Crippen molar-refractivity contribution in [3.63, 3.8) is 0 Å². The second-order valence-corrected chi connectivity index (χ2v) is 3.90. The fraction of sp³-hybridized carbons (Fsp3) is 0.200. The minimum Gasteiger partial charge on any atom is -0.497 e. The molecule has 0 unspecified atom stereocenters. The third-order valence-electron chi connectivity index (χ3n) is 2.45. The number of nitrogens with zero attached hydrogens (tertiary/aromatic N) is 1. The summed E-state index contributed by atoms with van der Waals surface area (Å²) in [5, 5.41) is 8.70. The summed E-state index contributed by atoms with van der Waals surface area (Å²) in [6.07, 6.45) is 7.99. The van der Waals surface area contributed by atoms with E-state index in [9.17, 15) is 9.59 Å². The number of aliphatic carboxylic acids is 1. The van der Waals surface area contributed by atoms with Gasteiger partial charge in [-0.1, -0.05) is 18.1 Å². The first kappa shape index (κ1) is 15.3. The van der Waals surface area contributed by atoms with Crippen LogP contribution in [0.4, 0.5) is 0 Å². The van der Waals surface area contributed by atoms with E-state index >= 15 is 0 Å². The van der Waals surface area contributed by atoms with Crippen molar-refractivity contribution in [3.05, 3.63) is 35.9 Å². The van der Waals surface area contributed by atoms with Crippen LogP contribution < -0.4 is 4.74 Å². The first-order valence-corrected chi connectivity index (χ1v) is 5.83. The zero-order valence-corrected chi connectivity index (χ0v) is 11.1. The molecule has 0 aromatic heterocycles. The molecule has 5 heteroatoms. The maximum Gasteiger partial charge on any atom is 0.323 e. The van der Waals surface area contributed by atoms with Gasteiger partial charge in [0.05, 0.1) is 13.7 Å². The Labute approximate surface area is 117 Å². The fourth-order valence-corrected chi connectivity index (χ4v) is 1.47. The quantitative estimate of drug-likeness (QED) is 0.626. The molecule has 0 radical (unpaired) electrons. The maximum absolute atomic E-state index is 11.8. The lowest BCUT2D eigenvalue weighted by atomic mass is 10.2. The summed E-state index contributed by atoms with van der Waals surface area (Å²) in [5.41, 5.74) is 0.801. The molecule has 0 fully saturated rings. The van der Waals surface area contributed by atoms with E-state index in [1.807, 2.05) is 0 Å². The van der Waals surface area contributed by atoms with Crippen molar-refractivity contribution in [1.82, 2.24) is 4.90 Å². The van der Waals surface area contributed by atoms with Crippen LogP contribution in [0.15, 0.2) is 30.3 Å². The number of rotatable bonds is 6. The van der Waals surface area contributed by atoms with Gasteiger partial charge in [-0.15, -0.1) is 6.42 Å². The molecule has 0 saturated carbocycles. The minimum atomic E-state index is -1.11. The summed E-state index contributed by atoms with van der Waals surface area (Å²) in [6.45, 7) is -0.464. The summed E-state index contributed by atoms with van der Waals surface area (Å²) < 4.78 is 5.02. The van der Waals surface area contributed by atoms with Crippen molar-refractivity contribution >= 4 is 18.0 Å². The summed E-state index contributed by atoms with van der Waals surface area (Å²) in [7, 11) is 1.57. The number of hydrogen-bond donors (Lipinski definition) is 1. The number of amides is 1. The number of benzene rings is 1. The molecule has 0 aliphatic rings. The molecule has 0 saturated heterocycles. The molecule has 1 aromatic carbocycles. The summed E-state index contributed by atoms with van der Waals surface area (Å²) in [5.74, 6) is 1.43. The lowest BCUT2D eigenvalue weighted by molar-refractivity contribution is -0.142. The zero-order chi connectivity index (χ0) is 15.0. The van der Waals surface area contributed by atoms with Crippen LogP contribution in [-0.4, -0.2) is 42.1 Å². The van der Waals surface area contributed by atoms with E-state index in [0.717, 1.165) is 10.5 Å². The molecule has 0 aliphatic carbocycles. The average molecular weight is 273 g/mol. The molecule has 1 aromatic rings. The molecular formula is C15H15NO4. The molecule has 0 heterocycles. The van der Waals surface area contributed by atoms with Crippen molar-refractivity contribution in [2.75, 3.05) is 20.2 Å². The Bertz CT molecular complexity index is 540. The van der Waals surface area contributed by atoms with Gasteiger partial charge in [0.25, 0.3) is 0 Å². The van der Waals surface area contributed by atoms with E-state index in [-0.39, 0.29) is 6.54 Å². The third-order valence-corrected chi connectivity index (χ3v) is 2.45. The summed E-state index contributed by atoms with van der Waals surface area (Å²) >= 11 is 0. The average Bonchev–Trinajstić information content (AvgIpc) is 2.44. The minimum absolute atomic E-state index is 0.0436. The number of terminal acetylenes is 1. The van der Waals surface area contributed by atoms with Crippen molar-refractivity contribution in [1.29, 1.82) is 0 Å². The molecule has 0 atom stereocenters. The Morgan fingerprint density at radius 2 is 2.05 bits per heavy atom. The first-order chi connectivity index (χ1) is 9.56. The second-order valence-electron chi connectivity index (χ2n) is 3.90. The van der Waals surface area contributed by atoms with Crippen LogP contribution in [0.5, 0.6) is 5.75 Å². The summed E-state index contributed by atoms with van der Waals surface area (Å²) in [4.78, 5) is 23.5. The van der Waals surface area contributed by atoms with Gasteiger partial charge in [-0.25, -0.2) is 0 Å². The molecule has 0 aliphatic heterocycles. The van der Waals surface area contributed by atoms with Crippen LogP contribution in [0.3, 0.4) is 0 Å². The van der Waals surface area contributed by atoms with Crippen LogP contribution >= 0.6 is 0 Å². The van der Waals surface area contributed by atoms with Crippen LogP contribution in [0.25, 0.3) is 6.08 Å². The molecule has 0 bridgehead atoms. The Hall–Kier alpha value is -2.74. The Kier molecular flexibility index (Phi) is 5.85. The van der Waals surface area contributed by atoms with Crippen molar-refractivity contribution in [2.45, 2.75) is 0 Å². The molecule has 20 heavy (non-hydrogen) atoms. The van der Waals surface area contributed by atoms with E-state index in [4.69, 9.17) is 16.3 Å². The molecule has 0 spiro atoms. The van der Waals surface area contributed by atoms with Crippen LogP contribution in [0.2, 0.25) is 0 Å². The number of carbonyl (C=O) groups excluding carboxylic acids is 1. The normalized spacial score (nSPS) is 10.0. The van der Waals surface area contributed by atoms with Gasteiger partial charge in [0, 0.05) is 6.08 Å². The molecule has 1 rings (SSSR count). The van der Waals surface area contributed by atoms with Gasteiger partial charge in [0.2, 0.25) is 5.91 Å². The topological polar surface area (TPSA) is 66.8 Å². The number of carboxylic acids is 1. The Balaban J connectivity index is 2.73. The Morgan fingerprint density at radius 3 is 2.55 bits per heavy atom. The zero-order valence-electron chi connectivity index (χ0n) is 11.1. The van der Waals surface area contributed by atoms with E-state index in [1.54, 1.807) is 37.5 Å². The van der Waals surface area contributed by atoms with Gasteiger partial charge in [-0.05, 0) is 23.8 Å². The highest BCUT2D eigenvalue weighted by Gasteiger charge is 2.12. The van der Waals surface area contributed by atoms with Crippen LogP contribution in [0.1, 0.15) is 5.56 Å². The van der Waals surface area contributed by atoms with Gasteiger partial charge < -0.3 is 14.7 Å². The van der Waals surface area contributed by atoms with Crippen LogP contribution in [0, 0.1) is 12.3 Å². The van der Waals surface area contributed by atoms with E-state index in [2.05, 4.69) is 5.92 Å². The maximum atomic E-state index is 11.8. The fourth-order valence-electron chi connectivity index (χ4n) is 1.47. The third kappa shape index (κ3) is 4.86. The van der Waals surface area contributed by atoms with Crippen molar-refractivity contribution in [2.24, 2.45) is 0 Å². The van der Waals surface area contributed by atoms with Gasteiger partial charge in [0.1, 0.15) is 12.3 Å². The molecular weight excluding hydrogens is 258 g/mol. The molecule has 104 valence electrons. The highest BCUT2D eigenvalue weighted by molar-refractivity contribution is 5.93. The number of carbonyl (C=O) groups is 2. The predicted octanol–water partition coefficient (Wildman–Crippen LogP) is 1.25. The number of hydrogen-bond acceptors (Lipinski definition) is 3. The molecule has 1 N–H and O–H groups in total. The summed E-state index contributed by atoms with van der Waals surface area (Å²) in [6, 6.07) is 7.10. The lowest BCUT2D eigenvalue weighted by Crippen LogP contribution is -2.34. The van der Waals surface area contributed by atoms with E-state index < -0.39 is 18.4 Å². The SMILES string of the molecule is C#CCN(CC(=O)O)C(=O)C=Cc1ccc(OC)cc1. The van der Waals surface area contributed by atoms with Crippen molar-refractivity contribution in [3.8, 4) is 18.1 Å². The second kappa shape index (κ2) is 7.64. The van der Waals surface area contributed by atoms with Gasteiger partial charge in [0.15, 0.2) is 0 Å². The number of carboxylic acid groups (broad SMARTS) is 1. The van der Waals surface area contributed by atoms with Gasteiger partial charge in [-0.2, -0.15) is 0 Å². The van der Waals surface area contributed by atoms with Crippen LogP contribution in [-0.2, 0) is 9.59 Å². The molecule has 1 amide bonds. The smallest absolute Gasteiger partial charge is 0.323 e. The standard InChI is InChI=1S/C15H15NO4/c1-3-10-16(11-15(18)19)14(17)9-6-12-4-7-13(20-2)8-5-12/h1,4-9H,10-11H2,2H3,(H,18,19). The lowest BCUT2D eigenvalue weighted by Gasteiger charge is -2.15. The van der Waals surface area contributed by atoms with Gasteiger partial charge in [-0.3, -0.25) is 9.59 Å². The van der Waals surface area contributed by atoms with E-state index in [1.165, 1.54) is 6.08 Å². The largest absolute Gasteiger partial charge is 0.497 e. The molecule has 5 nitrogen and oxygen atoms in total. The highest BCUT2D eigenvalue weighted by atomic mass is 16.5. The highest BCUT2D eigenvalue weighted by Crippen LogP contribution is 2.12. The number of ether oxygens (including phenoxy) is 1.